The molecule has 0 bridgehead atoms. The summed E-state index contributed by atoms with van der Waals surface area (Å²) in [5.41, 5.74) is 5.41. The van der Waals surface area contributed by atoms with Crippen LogP contribution in [-0.4, -0.2) is 11.7 Å². The van der Waals surface area contributed by atoms with Crippen LogP contribution >= 0.6 is 27.7 Å². The van der Waals surface area contributed by atoms with Gasteiger partial charge in [-0.25, -0.2) is 0 Å². The molecule has 2 aromatic carbocycles. The van der Waals surface area contributed by atoms with Crippen LogP contribution in [0.3, 0.4) is 0 Å². The van der Waals surface area contributed by atoms with Gasteiger partial charge >= 0.3 is 0 Å². The second-order valence-corrected chi connectivity index (χ2v) is 6.54. The molecule has 1 heterocycles. The average molecular weight is 373 g/mol. The number of rotatable bonds is 4. The van der Waals surface area contributed by atoms with Gasteiger partial charge in [0.15, 0.2) is 0 Å². The lowest BCUT2D eigenvalue weighted by molar-refractivity contribution is 0.368. The third-order valence-corrected chi connectivity index (χ3v) is 4.89. The van der Waals surface area contributed by atoms with Crippen LogP contribution in [0.5, 0.6) is 5.75 Å². The zero-order valence-corrected chi connectivity index (χ0v) is 14.0. The molecule has 5 heteroatoms. The first-order valence-corrected chi connectivity index (χ1v) is 8.36. The molecule has 110 valence electrons. The summed E-state index contributed by atoms with van der Waals surface area (Å²) in [5.74, 6) is 3.20. The van der Waals surface area contributed by atoms with Crippen LogP contribution in [0.1, 0.15) is 16.5 Å². The van der Waals surface area contributed by atoms with Crippen molar-refractivity contribution in [2.45, 2.75) is 5.37 Å². The number of hydrogen-bond acceptors (Lipinski definition) is 4. The smallest absolute Gasteiger partial charge is 0.148 e. The Bertz CT molecular complexity index is 740. The monoisotopic (exact) mass is 372 g/mol. The summed E-state index contributed by atoms with van der Waals surface area (Å²) in [5, 5.41) is 5.51. The zero-order valence-electron chi connectivity index (χ0n) is 11.6. The van der Waals surface area contributed by atoms with Gasteiger partial charge in [-0.2, -0.15) is 5.10 Å². The van der Waals surface area contributed by atoms with E-state index in [0.717, 1.165) is 26.4 Å². The van der Waals surface area contributed by atoms with Crippen molar-refractivity contribution < 1.29 is 4.74 Å². The standard InChI is InChI=1S/C17H13BrN2OS/c1-2-10-21-15-9-8-13(11-14(15)18)17-20-19-16(22-17)12-6-4-3-5-7-12/h1,3-9,11,17,20H,10H2/t17-/m1/s1. The van der Waals surface area contributed by atoms with E-state index >= 15 is 0 Å². The highest BCUT2D eigenvalue weighted by Gasteiger charge is 2.22. The summed E-state index contributed by atoms with van der Waals surface area (Å²) in [7, 11) is 0. The summed E-state index contributed by atoms with van der Waals surface area (Å²) in [4.78, 5) is 0. The van der Waals surface area contributed by atoms with E-state index in [1.54, 1.807) is 11.8 Å². The molecule has 1 aliphatic rings. The predicted octanol–water partition coefficient (Wildman–Crippen LogP) is 4.16. The van der Waals surface area contributed by atoms with Crippen molar-refractivity contribution >= 4 is 32.7 Å². The van der Waals surface area contributed by atoms with Crippen molar-refractivity contribution in [3.63, 3.8) is 0 Å². The molecule has 22 heavy (non-hydrogen) atoms. The number of thioether (sulfide) groups is 1. The number of benzene rings is 2. The highest BCUT2D eigenvalue weighted by molar-refractivity contribution is 9.10. The fraction of sp³-hybridized carbons (Fsp3) is 0.118. The van der Waals surface area contributed by atoms with Crippen molar-refractivity contribution in [1.29, 1.82) is 0 Å². The summed E-state index contributed by atoms with van der Waals surface area (Å²) in [6, 6.07) is 16.1. The Morgan fingerprint density at radius 1 is 1.27 bits per heavy atom. The minimum Gasteiger partial charge on any atom is -0.480 e. The Balaban J connectivity index is 1.72. The molecule has 3 nitrogen and oxygen atoms in total. The maximum Gasteiger partial charge on any atom is 0.148 e. The lowest BCUT2D eigenvalue weighted by atomic mass is 10.2. The number of hydrazone groups is 1. The molecule has 0 radical (unpaired) electrons. The number of nitrogens with one attached hydrogen (secondary N) is 1. The van der Waals surface area contributed by atoms with Gasteiger partial charge < -0.3 is 4.74 Å². The Morgan fingerprint density at radius 2 is 2.09 bits per heavy atom. The first-order valence-electron chi connectivity index (χ1n) is 6.69. The number of hydrogen-bond donors (Lipinski definition) is 1. The van der Waals surface area contributed by atoms with Gasteiger partial charge in [0.25, 0.3) is 0 Å². The Labute approximate surface area is 142 Å². The van der Waals surface area contributed by atoms with E-state index in [0.29, 0.717) is 0 Å². The van der Waals surface area contributed by atoms with E-state index in [1.807, 2.05) is 36.4 Å². The van der Waals surface area contributed by atoms with Crippen molar-refractivity contribution in [3.8, 4) is 18.1 Å². The van der Waals surface area contributed by atoms with Crippen molar-refractivity contribution in [1.82, 2.24) is 5.43 Å². The van der Waals surface area contributed by atoms with Gasteiger partial charge in [0, 0.05) is 5.56 Å². The summed E-state index contributed by atoms with van der Waals surface area (Å²) >= 11 is 5.21. The van der Waals surface area contributed by atoms with Crippen LogP contribution in [0, 0.1) is 12.3 Å². The topological polar surface area (TPSA) is 33.6 Å². The number of terminal acetylenes is 1. The van der Waals surface area contributed by atoms with Gasteiger partial charge in [0.05, 0.1) is 4.47 Å². The molecule has 1 aliphatic heterocycles. The van der Waals surface area contributed by atoms with Crippen LogP contribution in [0.4, 0.5) is 0 Å². The van der Waals surface area contributed by atoms with Crippen LogP contribution in [0.15, 0.2) is 58.1 Å². The van der Waals surface area contributed by atoms with Gasteiger partial charge in [0.2, 0.25) is 0 Å². The normalized spacial score (nSPS) is 16.5. The van der Waals surface area contributed by atoms with Crippen LogP contribution in [0.25, 0.3) is 0 Å². The fourth-order valence-electron chi connectivity index (χ4n) is 2.05. The second kappa shape index (κ2) is 6.91. The lowest BCUT2D eigenvalue weighted by Crippen LogP contribution is -2.06. The summed E-state index contributed by atoms with van der Waals surface area (Å²) in [6.45, 7) is 0.260. The molecule has 0 saturated carbocycles. The third-order valence-electron chi connectivity index (χ3n) is 3.10. The first kappa shape index (κ1) is 15.0. The molecule has 3 rings (SSSR count). The van der Waals surface area contributed by atoms with Gasteiger partial charge in [0.1, 0.15) is 22.8 Å². The van der Waals surface area contributed by atoms with Gasteiger partial charge in [-0.05, 0) is 33.6 Å². The number of nitrogens with zero attached hydrogens (tertiary/aromatic N) is 1. The molecular weight excluding hydrogens is 360 g/mol. The molecule has 0 amide bonds. The largest absolute Gasteiger partial charge is 0.480 e. The van der Waals surface area contributed by atoms with Crippen LogP contribution in [-0.2, 0) is 0 Å². The zero-order chi connectivity index (χ0) is 15.4. The molecule has 0 saturated heterocycles. The molecular formula is C17H13BrN2OS. The second-order valence-electron chi connectivity index (χ2n) is 4.59. The van der Waals surface area contributed by atoms with Crippen molar-refractivity contribution in [2.24, 2.45) is 5.10 Å². The van der Waals surface area contributed by atoms with E-state index in [-0.39, 0.29) is 12.0 Å². The molecule has 0 fully saturated rings. The number of ether oxygens (including phenoxy) is 1. The van der Waals surface area contributed by atoms with E-state index < -0.39 is 0 Å². The predicted molar refractivity (Wildman–Crippen MR) is 94.9 cm³/mol. The summed E-state index contributed by atoms with van der Waals surface area (Å²) in [6.07, 6.45) is 5.21. The molecule has 1 N–H and O–H groups in total. The molecule has 0 aromatic heterocycles. The molecule has 0 spiro atoms. The summed E-state index contributed by atoms with van der Waals surface area (Å²) < 4.78 is 6.34. The third kappa shape index (κ3) is 3.29. The number of halogens is 1. The van der Waals surface area contributed by atoms with Gasteiger partial charge in [-0.1, -0.05) is 54.1 Å². The fourth-order valence-corrected chi connectivity index (χ4v) is 3.55. The van der Waals surface area contributed by atoms with Crippen molar-refractivity contribution in [3.05, 3.63) is 64.1 Å². The average Bonchev–Trinajstić information content (AvgIpc) is 3.04. The van der Waals surface area contributed by atoms with E-state index in [2.05, 4.69) is 44.5 Å². The Morgan fingerprint density at radius 3 is 2.82 bits per heavy atom. The molecule has 1 atom stereocenters. The van der Waals surface area contributed by atoms with E-state index in [4.69, 9.17) is 11.2 Å². The Kier molecular flexibility index (Phi) is 4.71. The molecule has 2 aromatic rings. The van der Waals surface area contributed by atoms with E-state index in [1.165, 1.54) is 0 Å². The quantitative estimate of drug-likeness (QED) is 0.818. The van der Waals surface area contributed by atoms with Crippen LogP contribution in [0.2, 0.25) is 0 Å². The van der Waals surface area contributed by atoms with Crippen molar-refractivity contribution in [2.75, 3.05) is 6.61 Å². The maximum absolute atomic E-state index is 5.46. The Hall–Kier alpha value is -1.90. The lowest BCUT2D eigenvalue weighted by Gasteiger charge is -2.12. The molecule has 0 unspecified atom stereocenters. The minimum absolute atomic E-state index is 0.0909. The highest BCUT2D eigenvalue weighted by Crippen LogP contribution is 2.37. The first-order chi connectivity index (χ1) is 10.8. The highest BCUT2D eigenvalue weighted by atomic mass is 79.9. The van der Waals surface area contributed by atoms with Gasteiger partial charge in [-0.3, -0.25) is 5.43 Å². The van der Waals surface area contributed by atoms with E-state index in [9.17, 15) is 0 Å². The minimum atomic E-state index is 0.0909. The SMILES string of the molecule is C#CCOc1ccc([C@@H]2NN=C(c3ccccc3)S2)cc1Br. The molecule has 0 aliphatic carbocycles. The maximum atomic E-state index is 5.46. The van der Waals surface area contributed by atoms with Crippen LogP contribution < -0.4 is 10.2 Å². The van der Waals surface area contributed by atoms with Gasteiger partial charge in [-0.15, -0.1) is 6.42 Å².